The Hall–Kier alpha value is -1.26. The minimum absolute atomic E-state index is 0.131. The summed E-state index contributed by atoms with van der Waals surface area (Å²) in [6, 6.07) is 0. The average molecular weight is 297 g/mol. The van der Waals surface area contributed by atoms with Crippen molar-refractivity contribution >= 4 is 22.9 Å². The van der Waals surface area contributed by atoms with Gasteiger partial charge in [-0.1, -0.05) is 0 Å². The van der Waals surface area contributed by atoms with Gasteiger partial charge in [0.2, 0.25) is 0 Å². The van der Waals surface area contributed by atoms with E-state index in [0.29, 0.717) is 11.2 Å². The minimum Gasteiger partial charge on any atom is -0.387 e. The summed E-state index contributed by atoms with van der Waals surface area (Å²) < 4.78 is 7.19. The van der Waals surface area contributed by atoms with Gasteiger partial charge >= 0.3 is 0 Å². The molecule has 0 spiro atoms. The molecule has 8 nitrogen and oxygen atoms in total. The van der Waals surface area contributed by atoms with Gasteiger partial charge in [-0.3, -0.25) is 4.57 Å². The average Bonchev–Trinajstić information content (AvgIpc) is 3.01. The molecule has 0 aliphatic carbocycles. The molecule has 2 aromatic heterocycles. The summed E-state index contributed by atoms with van der Waals surface area (Å²) in [4.78, 5) is 12.6. The molecule has 9 heteroatoms. The van der Waals surface area contributed by atoms with E-state index in [1.807, 2.05) is 6.26 Å². The molecule has 1 fully saturated rings. The molecule has 3 heterocycles. The Balaban J connectivity index is 2.03. The molecule has 4 atom stereocenters. The fourth-order valence-corrected chi connectivity index (χ4v) is 2.81. The Morgan fingerprint density at radius 1 is 1.35 bits per heavy atom. The summed E-state index contributed by atoms with van der Waals surface area (Å²) in [5, 5.41) is 20.7. The highest BCUT2D eigenvalue weighted by atomic mass is 32.2. The molecule has 0 bridgehead atoms. The van der Waals surface area contributed by atoms with Crippen LogP contribution in [0.5, 0.6) is 0 Å². The van der Waals surface area contributed by atoms with Crippen LogP contribution in [0.25, 0.3) is 11.2 Å². The van der Waals surface area contributed by atoms with Crippen molar-refractivity contribution in [3.8, 4) is 0 Å². The molecule has 0 radical (unpaired) electrons. The second-order valence-electron chi connectivity index (χ2n) is 4.49. The number of nitrogens with zero attached hydrogens (tertiary/aromatic N) is 4. The summed E-state index contributed by atoms with van der Waals surface area (Å²) in [5.74, 6) is 0. The Morgan fingerprint density at radius 2 is 2.15 bits per heavy atom. The second kappa shape index (κ2) is 5.26. The highest BCUT2D eigenvalue weighted by Gasteiger charge is 2.43. The number of thioether (sulfide) groups is 1. The first-order valence-corrected chi connectivity index (χ1v) is 7.33. The van der Waals surface area contributed by atoms with Gasteiger partial charge in [0.1, 0.15) is 35.2 Å². The third-order valence-electron chi connectivity index (χ3n) is 3.36. The van der Waals surface area contributed by atoms with Crippen molar-refractivity contribution in [1.82, 2.24) is 19.5 Å². The lowest BCUT2D eigenvalue weighted by molar-refractivity contribution is -0.0322. The predicted octanol–water partition coefficient (Wildman–Crippen LogP) is -0.874. The van der Waals surface area contributed by atoms with Crippen LogP contribution in [0, 0.1) is 0 Å². The zero-order valence-electron chi connectivity index (χ0n) is 10.7. The number of rotatable bonds is 3. The van der Waals surface area contributed by atoms with E-state index in [4.69, 9.17) is 10.5 Å². The Labute approximate surface area is 119 Å². The maximum atomic E-state index is 10.1. The highest BCUT2D eigenvalue weighted by Crippen LogP contribution is 2.32. The quantitative estimate of drug-likeness (QED) is 0.494. The molecule has 0 aromatic carbocycles. The van der Waals surface area contributed by atoms with Gasteiger partial charge in [0.15, 0.2) is 11.9 Å². The summed E-state index contributed by atoms with van der Waals surface area (Å²) >= 11 is 1.46. The van der Waals surface area contributed by atoms with Crippen molar-refractivity contribution in [2.45, 2.75) is 29.6 Å². The van der Waals surface area contributed by atoms with Crippen molar-refractivity contribution in [3.05, 3.63) is 12.7 Å². The number of hydrogen-bond acceptors (Lipinski definition) is 8. The maximum absolute atomic E-state index is 10.1. The minimum atomic E-state index is -1.08. The molecular weight excluding hydrogens is 282 g/mol. The van der Waals surface area contributed by atoms with Crippen LogP contribution in [0.2, 0.25) is 0 Å². The van der Waals surface area contributed by atoms with Crippen LogP contribution in [0.15, 0.2) is 17.7 Å². The largest absolute Gasteiger partial charge is 0.387 e. The van der Waals surface area contributed by atoms with Gasteiger partial charge in [0, 0.05) is 6.54 Å². The van der Waals surface area contributed by atoms with Gasteiger partial charge in [0.05, 0.1) is 6.33 Å². The van der Waals surface area contributed by atoms with Gasteiger partial charge in [-0.15, -0.1) is 11.8 Å². The number of ether oxygens (including phenoxy) is 1. The first kappa shape index (κ1) is 13.7. The van der Waals surface area contributed by atoms with Gasteiger partial charge in [0.25, 0.3) is 0 Å². The molecule has 1 aliphatic rings. The Kier molecular flexibility index (Phi) is 3.61. The summed E-state index contributed by atoms with van der Waals surface area (Å²) in [7, 11) is 0. The van der Waals surface area contributed by atoms with E-state index in [0.717, 1.165) is 5.03 Å². The van der Waals surface area contributed by atoms with E-state index < -0.39 is 24.5 Å². The van der Waals surface area contributed by atoms with Crippen LogP contribution in [-0.4, -0.2) is 60.8 Å². The Morgan fingerprint density at radius 3 is 2.80 bits per heavy atom. The molecule has 0 unspecified atom stereocenters. The summed E-state index contributed by atoms with van der Waals surface area (Å²) in [6.07, 6.45) is 1.40. The summed E-state index contributed by atoms with van der Waals surface area (Å²) in [6.45, 7) is 0.131. The molecule has 3 rings (SSSR count). The number of nitrogens with two attached hydrogens (primary N) is 1. The lowest BCUT2D eigenvalue weighted by Gasteiger charge is -2.16. The van der Waals surface area contributed by atoms with Crippen molar-refractivity contribution in [2.24, 2.45) is 5.73 Å². The van der Waals surface area contributed by atoms with Crippen LogP contribution < -0.4 is 5.73 Å². The van der Waals surface area contributed by atoms with Crippen molar-refractivity contribution in [1.29, 1.82) is 0 Å². The zero-order valence-corrected chi connectivity index (χ0v) is 11.6. The van der Waals surface area contributed by atoms with Gasteiger partial charge in [-0.05, 0) is 6.26 Å². The molecule has 0 amide bonds. The number of fused-ring (bicyclic) bond motifs is 1. The van der Waals surface area contributed by atoms with E-state index in [9.17, 15) is 10.2 Å². The highest BCUT2D eigenvalue weighted by molar-refractivity contribution is 7.98. The lowest BCUT2D eigenvalue weighted by atomic mass is 10.1. The molecular formula is C11H15N5O3S. The molecule has 1 saturated heterocycles. The van der Waals surface area contributed by atoms with E-state index in [-0.39, 0.29) is 6.54 Å². The number of aliphatic hydroxyl groups is 2. The second-order valence-corrected chi connectivity index (χ2v) is 5.28. The molecule has 4 N–H and O–H groups in total. The van der Waals surface area contributed by atoms with Crippen LogP contribution in [0.3, 0.4) is 0 Å². The van der Waals surface area contributed by atoms with Crippen LogP contribution in [0.4, 0.5) is 0 Å². The van der Waals surface area contributed by atoms with E-state index >= 15 is 0 Å². The van der Waals surface area contributed by atoms with Gasteiger partial charge in [-0.2, -0.15) is 0 Å². The van der Waals surface area contributed by atoms with Crippen LogP contribution >= 0.6 is 11.8 Å². The standard InChI is InChI=1S/C11H15N5O3S/c1-20-10-6-9(13-3-14-10)16(4-15-6)11-8(18)7(17)5(2-12)19-11/h3-5,7-8,11,17-18H,2,12H2,1H3/t5-,7-,8-,11-/m1/s1. The first-order chi connectivity index (χ1) is 9.67. The molecule has 20 heavy (non-hydrogen) atoms. The number of hydrogen-bond donors (Lipinski definition) is 3. The number of imidazole rings is 1. The van der Waals surface area contributed by atoms with Crippen molar-refractivity contribution in [3.63, 3.8) is 0 Å². The van der Waals surface area contributed by atoms with Crippen LogP contribution in [-0.2, 0) is 4.74 Å². The fourth-order valence-electron chi connectivity index (χ4n) is 2.32. The predicted molar refractivity (Wildman–Crippen MR) is 72.1 cm³/mol. The summed E-state index contributed by atoms with van der Waals surface area (Å²) in [5.41, 5.74) is 6.70. The third kappa shape index (κ3) is 1.98. The monoisotopic (exact) mass is 297 g/mol. The smallest absolute Gasteiger partial charge is 0.166 e. The van der Waals surface area contributed by atoms with E-state index in [2.05, 4.69) is 15.0 Å². The zero-order chi connectivity index (χ0) is 14.3. The topological polar surface area (TPSA) is 119 Å². The van der Waals surface area contributed by atoms with E-state index in [1.165, 1.54) is 24.4 Å². The van der Waals surface area contributed by atoms with Crippen molar-refractivity contribution in [2.75, 3.05) is 12.8 Å². The van der Waals surface area contributed by atoms with Crippen LogP contribution in [0.1, 0.15) is 6.23 Å². The SMILES string of the molecule is CSc1ncnc2c1ncn2[C@@H]1O[C@H](CN)[C@@H](O)[C@H]1O. The third-order valence-corrected chi connectivity index (χ3v) is 4.05. The molecule has 1 aliphatic heterocycles. The molecule has 108 valence electrons. The van der Waals surface area contributed by atoms with Crippen molar-refractivity contribution < 1.29 is 14.9 Å². The number of aliphatic hydroxyl groups excluding tert-OH is 2. The normalized spacial score (nSPS) is 30.2. The first-order valence-electron chi connectivity index (χ1n) is 6.10. The Bertz CT molecular complexity index is 621. The van der Waals surface area contributed by atoms with Gasteiger partial charge in [-0.25, -0.2) is 15.0 Å². The number of aromatic nitrogens is 4. The fraction of sp³-hybridized carbons (Fsp3) is 0.545. The molecule has 0 saturated carbocycles. The van der Waals surface area contributed by atoms with E-state index in [1.54, 1.807) is 4.57 Å². The lowest BCUT2D eigenvalue weighted by Crippen LogP contribution is -2.35. The van der Waals surface area contributed by atoms with Gasteiger partial charge < -0.3 is 20.7 Å². The molecule has 2 aromatic rings. The maximum Gasteiger partial charge on any atom is 0.166 e.